The summed E-state index contributed by atoms with van der Waals surface area (Å²) in [6, 6.07) is 4.38. The fraction of sp³-hybridized carbons (Fsp3) is 0.625. The van der Waals surface area contributed by atoms with E-state index in [9.17, 15) is 0 Å². The van der Waals surface area contributed by atoms with Crippen LogP contribution in [0.1, 0.15) is 24.6 Å². The second-order valence-corrected chi connectivity index (χ2v) is 6.12. The Morgan fingerprint density at radius 1 is 1.46 bits per heavy atom. The Hall–Kier alpha value is -2.06. The Labute approximate surface area is 141 Å². The van der Waals surface area contributed by atoms with E-state index in [0.29, 0.717) is 37.3 Å². The maximum Gasteiger partial charge on any atom is 0.240 e. The summed E-state index contributed by atoms with van der Waals surface area (Å²) >= 11 is 0. The quantitative estimate of drug-likeness (QED) is 0.712. The zero-order chi connectivity index (χ0) is 16.8. The minimum absolute atomic E-state index is 0.433. The highest BCUT2D eigenvalue weighted by atomic mass is 16.5. The van der Waals surface area contributed by atoms with Crippen LogP contribution < -0.4 is 4.90 Å². The van der Waals surface area contributed by atoms with Crippen molar-refractivity contribution < 1.29 is 9.26 Å². The molecule has 1 saturated heterocycles. The highest BCUT2D eigenvalue weighted by molar-refractivity contribution is 5.39. The van der Waals surface area contributed by atoms with E-state index in [4.69, 9.17) is 9.26 Å². The van der Waals surface area contributed by atoms with Crippen LogP contribution in [0.4, 0.5) is 5.82 Å². The molecule has 8 heteroatoms. The molecule has 8 nitrogen and oxygen atoms in total. The summed E-state index contributed by atoms with van der Waals surface area (Å²) in [5.74, 6) is 2.29. The van der Waals surface area contributed by atoms with Gasteiger partial charge in [0.25, 0.3) is 0 Å². The number of rotatable bonds is 8. The summed E-state index contributed by atoms with van der Waals surface area (Å²) in [5, 5.41) is 12.2. The molecule has 0 saturated carbocycles. The Morgan fingerprint density at radius 3 is 3.17 bits per heavy atom. The van der Waals surface area contributed by atoms with E-state index in [-0.39, 0.29) is 0 Å². The Morgan fingerprint density at radius 2 is 2.38 bits per heavy atom. The van der Waals surface area contributed by atoms with E-state index in [1.807, 2.05) is 12.1 Å². The second kappa shape index (κ2) is 8.16. The summed E-state index contributed by atoms with van der Waals surface area (Å²) in [6.07, 6.45) is 4.71. The number of aromatic nitrogens is 4. The molecule has 0 aliphatic carbocycles. The van der Waals surface area contributed by atoms with Crippen molar-refractivity contribution in [1.82, 2.24) is 25.2 Å². The minimum atomic E-state index is 0.433. The number of ether oxygens (including phenoxy) is 1. The van der Waals surface area contributed by atoms with Crippen molar-refractivity contribution in [1.29, 1.82) is 0 Å². The van der Waals surface area contributed by atoms with Gasteiger partial charge in [-0.2, -0.15) is 10.1 Å². The van der Waals surface area contributed by atoms with Gasteiger partial charge in [-0.25, -0.2) is 0 Å². The smallest absolute Gasteiger partial charge is 0.240 e. The molecule has 3 rings (SSSR count). The number of nitrogens with zero attached hydrogens (tertiary/aromatic N) is 6. The maximum absolute atomic E-state index is 5.31. The lowest BCUT2D eigenvalue weighted by molar-refractivity contribution is 0.199. The summed E-state index contributed by atoms with van der Waals surface area (Å²) < 4.78 is 10.3. The zero-order valence-electron chi connectivity index (χ0n) is 14.3. The largest absolute Gasteiger partial charge is 0.384 e. The molecule has 2 aromatic rings. The van der Waals surface area contributed by atoms with Gasteiger partial charge in [0.2, 0.25) is 5.89 Å². The van der Waals surface area contributed by atoms with Crippen LogP contribution in [0.2, 0.25) is 0 Å². The molecule has 0 N–H and O–H groups in total. The van der Waals surface area contributed by atoms with Crippen LogP contribution in [0.5, 0.6) is 0 Å². The van der Waals surface area contributed by atoms with Gasteiger partial charge in [-0.05, 0) is 32.0 Å². The molecule has 0 bridgehead atoms. The van der Waals surface area contributed by atoms with Crippen molar-refractivity contribution >= 4 is 5.82 Å². The Kier molecular flexibility index (Phi) is 5.71. The molecule has 1 aliphatic rings. The van der Waals surface area contributed by atoms with Gasteiger partial charge in [0, 0.05) is 38.9 Å². The second-order valence-electron chi connectivity index (χ2n) is 6.12. The van der Waals surface area contributed by atoms with Crippen molar-refractivity contribution in [2.75, 3.05) is 38.8 Å². The average molecular weight is 332 g/mol. The summed E-state index contributed by atoms with van der Waals surface area (Å²) in [5.41, 5.74) is 0. The van der Waals surface area contributed by atoms with Crippen molar-refractivity contribution in [3.63, 3.8) is 0 Å². The molecule has 1 atom stereocenters. The first-order valence-electron chi connectivity index (χ1n) is 8.29. The van der Waals surface area contributed by atoms with Gasteiger partial charge >= 0.3 is 0 Å². The van der Waals surface area contributed by atoms with E-state index in [2.05, 4.69) is 37.2 Å². The summed E-state index contributed by atoms with van der Waals surface area (Å²) in [4.78, 5) is 8.95. The van der Waals surface area contributed by atoms with Crippen LogP contribution in [-0.4, -0.2) is 65.1 Å². The molecule has 1 aliphatic heterocycles. The molecule has 130 valence electrons. The first-order valence-corrected chi connectivity index (χ1v) is 8.29. The van der Waals surface area contributed by atoms with Crippen LogP contribution >= 0.6 is 0 Å². The molecule has 0 spiro atoms. The number of hydrogen-bond donors (Lipinski definition) is 0. The number of anilines is 1. The topological polar surface area (TPSA) is 80.4 Å². The highest BCUT2D eigenvalue weighted by Crippen LogP contribution is 2.23. The van der Waals surface area contributed by atoms with Gasteiger partial charge in [0.05, 0.1) is 13.2 Å². The van der Waals surface area contributed by atoms with Gasteiger partial charge in [0.15, 0.2) is 11.6 Å². The first-order chi connectivity index (χ1) is 11.8. The molecule has 1 fully saturated rings. The molecular weight excluding hydrogens is 308 g/mol. The van der Waals surface area contributed by atoms with Gasteiger partial charge in [-0.3, -0.25) is 4.90 Å². The minimum Gasteiger partial charge on any atom is -0.384 e. The van der Waals surface area contributed by atoms with E-state index in [1.165, 1.54) is 6.42 Å². The standard InChI is InChI=1S/C16H24N6O2/c1-21(12-16-18-14(20-24-16)7-10-23-2)11-13-5-4-9-22(13)15-6-3-8-17-19-15/h3,6,8,13H,4-5,7,9-12H2,1-2H3/t13-/m1/s1. The molecule has 0 radical (unpaired) electrons. The fourth-order valence-corrected chi connectivity index (χ4v) is 3.08. The molecular formula is C16H24N6O2. The van der Waals surface area contributed by atoms with E-state index < -0.39 is 0 Å². The SMILES string of the molecule is COCCc1noc(CN(C)C[C@H]2CCCN2c2cccnn2)n1. The lowest BCUT2D eigenvalue weighted by Crippen LogP contribution is -2.39. The third-order valence-electron chi connectivity index (χ3n) is 4.20. The van der Waals surface area contributed by atoms with Crippen molar-refractivity contribution in [3.05, 3.63) is 30.0 Å². The monoisotopic (exact) mass is 332 g/mol. The number of methoxy groups -OCH3 is 1. The molecule has 0 aromatic carbocycles. The van der Waals surface area contributed by atoms with E-state index in [0.717, 1.165) is 25.3 Å². The van der Waals surface area contributed by atoms with Gasteiger partial charge in [0.1, 0.15) is 0 Å². The zero-order valence-corrected chi connectivity index (χ0v) is 14.3. The predicted molar refractivity (Wildman–Crippen MR) is 88.6 cm³/mol. The number of hydrogen-bond acceptors (Lipinski definition) is 8. The van der Waals surface area contributed by atoms with Crippen LogP contribution in [-0.2, 0) is 17.7 Å². The third-order valence-corrected chi connectivity index (χ3v) is 4.20. The van der Waals surface area contributed by atoms with Crippen LogP contribution in [0.25, 0.3) is 0 Å². The van der Waals surface area contributed by atoms with E-state index >= 15 is 0 Å². The van der Waals surface area contributed by atoms with Gasteiger partial charge < -0.3 is 14.2 Å². The lowest BCUT2D eigenvalue weighted by Gasteiger charge is -2.28. The Bertz CT molecular complexity index is 620. The van der Waals surface area contributed by atoms with Crippen LogP contribution in [0.3, 0.4) is 0 Å². The van der Waals surface area contributed by atoms with Crippen molar-refractivity contribution in [2.24, 2.45) is 0 Å². The summed E-state index contributed by atoms with van der Waals surface area (Å²) in [7, 11) is 3.74. The van der Waals surface area contributed by atoms with Gasteiger partial charge in [-0.15, -0.1) is 5.10 Å². The van der Waals surface area contributed by atoms with Gasteiger partial charge in [-0.1, -0.05) is 5.16 Å². The summed E-state index contributed by atoms with van der Waals surface area (Å²) in [6.45, 7) is 3.19. The van der Waals surface area contributed by atoms with Crippen molar-refractivity contribution in [2.45, 2.75) is 31.8 Å². The van der Waals surface area contributed by atoms with Crippen molar-refractivity contribution in [3.8, 4) is 0 Å². The third kappa shape index (κ3) is 4.27. The average Bonchev–Trinajstić information content (AvgIpc) is 3.23. The van der Waals surface area contributed by atoms with Crippen LogP contribution in [0.15, 0.2) is 22.9 Å². The Balaban J connectivity index is 1.54. The molecule has 24 heavy (non-hydrogen) atoms. The number of likely N-dealkylation sites (N-methyl/N-ethyl adjacent to an activating group) is 1. The fourth-order valence-electron chi connectivity index (χ4n) is 3.08. The first kappa shape index (κ1) is 16.8. The van der Waals surface area contributed by atoms with E-state index in [1.54, 1.807) is 13.3 Å². The molecule has 0 amide bonds. The molecule has 3 heterocycles. The highest BCUT2D eigenvalue weighted by Gasteiger charge is 2.27. The predicted octanol–water partition coefficient (Wildman–Crippen LogP) is 1.15. The van der Waals surface area contributed by atoms with Crippen LogP contribution in [0, 0.1) is 0 Å². The lowest BCUT2D eigenvalue weighted by atomic mass is 10.2. The maximum atomic E-state index is 5.31. The normalized spacial score (nSPS) is 17.8. The molecule has 2 aromatic heterocycles. The molecule has 0 unspecified atom stereocenters.